The summed E-state index contributed by atoms with van der Waals surface area (Å²) in [5.41, 5.74) is 0. The summed E-state index contributed by atoms with van der Waals surface area (Å²) in [5, 5.41) is 12.6. The minimum absolute atomic E-state index is 0.0890. The molecule has 0 radical (unpaired) electrons. The highest BCUT2D eigenvalue weighted by molar-refractivity contribution is 7.13. The second kappa shape index (κ2) is 7.06. The maximum absolute atomic E-state index is 12.6. The van der Waals surface area contributed by atoms with E-state index in [-0.39, 0.29) is 30.5 Å². The van der Waals surface area contributed by atoms with Gasteiger partial charge in [0.05, 0.1) is 4.88 Å². The highest BCUT2D eigenvalue weighted by atomic mass is 32.1. The maximum atomic E-state index is 12.6. The van der Waals surface area contributed by atoms with Crippen molar-refractivity contribution in [3.63, 3.8) is 0 Å². The van der Waals surface area contributed by atoms with Gasteiger partial charge in [-0.1, -0.05) is 6.07 Å². The highest BCUT2D eigenvalue weighted by Gasteiger charge is 2.52. The molecule has 1 aliphatic carbocycles. The predicted molar refractivity (Wildman–Crippen MR) is 93.2 cm³/mol. The number of aromatic nitrogens is 2. The van der Waals surface area contributed by atoms with Gasteiger partial charge in [0.2, 0.25) is 0 Å². The molecule has 8 nitrogen and oxygen atoms in total. The number of rotatable bonds is 5. The lowest BCUT2D eigenvalue weighted by Gasteiger charge is -2.33. The number of nitrogens with one attached hydrogen (secondary N) is 1. The van der Waals surface area contributed by atoms with Crippen LogP contribution in [0.3, 0.4) is 0 Å². The Balaban J connectivity index is 1.40. The molecule has 3 atom stereocenters. The smallest absolute Gasteiger partial charge is 0.329 e. The van der Waals surface area contributed by atoms with Crippen LogP contribution in [0.1, 0.15) is 32.1 Å². The first kappa shape index (κ1) is 17.0. The Morgan fingerprint density at radius 2 is 2.31 bits per heavy atom. The molecule has 2 amide bonds. The van der Waals surface area contributed by atoms with Crippen LogP contribution in [0.5, 0.6) is 0 Å². The van der Waals surface area contributed by atoms with Crippen LogP contribution in [0.15, 0.2) is 21.9 Å². The number of carbonyl (C=O) groups is 2. The molecular weight excluding hydrogens is 356 g/mol. The molecule has 2 bridgehead atoms. The summed E-state index contributed by atoms with van der Waals surface area (Å²) in [6, 6.07) is 3.18. The number of ether oxygens (including phenoxy) is 1. The summed E-state index contributed by atoms with van der Waals surface area (Å²) >= 11 is 1.50. The Bertz CT molecular complexity index is 791. The molecule has 0 aromatic carbocycles. The number of fused-ring (bicyclic) bond motifs is 2. The van der Waals surface area contributed by atoms with Gasteiger partial charge in [0.15, 0.2) is 6.61 Å². The molecule has 2 fully saturated rings. The van der Waals surface area contributed by atoms with E-state index in [4.69, 9.17) is 9.15 Å². The maximum Gasteiger partial charge on any atom is 0.329 e. The number of hydrogen-bond acceptors (Lipinski definition) is 7. The molecule has 4 rings (SSSR count). The zero-order chi connectivity index (χ0) is 18.1. The molecule has 1 aliphatic heterocycles. The molecule has 2 aliphatic rings. The number of piperidine rings is 1. The van der Waals surface area contributed by atoms with E-state index in [2.05, 4.69) is 15.5 Å². The molecule has 2 aromatic heterocycles. The van der Waals surface area contributed by atoms with Crippen LogP contribution in [-0.4, -0.2) is 45.7 Å². The van der Waals surface area contributed by atoms with Crippen LogP contribution < -0.4 is 5.32 Å². The third-order valence-electron chi connectivity index (χ3n) is 4.93. The normalized spacial score (nSPS) is 24.0. The van der Waals surface area contributed by atoms with Crippen LogP contribution in [0.25, 0.3) is 10.8 Å². The third-order valence-corrected chi connectivity index (χ3v) is 5.78. The van der Waals surface area contributed by atoms with Crippen LogP contribution in [0.2, 0.25) is 0 Å². The largest absolute Gasteiger partial charge is 0.454 e. The lowest BCUT2D eigenvalue weighted by atomic mass is 9.99. The Morgan fingerprint density at radius 3 is 3.08 bits per heavy atom. The zero-order valence-electron chi connectivity index (χ0n) is 14.4. The number of carbonyl (C=O) groups excluding carboxylic acids is 2. The van der Waals surface area contributed by atoms with Crippen molar-refractivity contribution in [2.75, 3.05) is 6.54 Å². The summed E-state index contributed by atoms with van der Waals surface area (Å²) in [4.78, 5) is 27.5. The van der Waals surface area contributed by atoms with Gasteiger partial charge in [0, 0.05) is 12.6 Å². The van der Waals surface area contributed by atoms with Gasteiger partial charge in [-0.2, -0.15) is 0 Å². The lowest BCUT2D eigenvalue weighted by molar-refractivity contribution is -0.152. The second-order valence-electron chi connectivity index (χ2n) is 6.50. The fourth-order valence-electron chi connectivity index (χ4n) is 3.86. The van der Waals surface area contributed by atoms with Gasteiger partial charge < -0.3 is 19.4 Å². The van der Waals surface area contributed by atoms with E-state index in [1.807, 2.05) is 24.4 Å². The second-order valence-corrected chi connectivity index (χ2v) is 7.45. The number of hydrogen-bond donors (Lipinski definition) is 1. The van der Waals surface area contributed by atoms with Crippen molar-refractivity contribution < 1.29 is 18.7 Å². The molecule has 1 saturated carbocycles. The minimum Gasteiger partial charge on any atom is -0.454 e. The Kier molecular flexibility index (Phi) is 4.62. The van der Waals surface area contributed by atoms with E-state index >= 15 is 0 Å². The molecule has 1 N–H and O–H groups in total. The van der Waals surface area contributed by atoms with Crippen LogP contribution in [0, 0.1) is 5.92 Å². The molecule has 3 heterocycles. The lowest BCUT2D eigenvalue weighted by Crippen LogP contribution is -2.53. The molecule has 9 heteroatoms. The number of nitrogens with zero attached hydrogens (tertiary/aromatic N) is 3. The number of urea groups is 1. The minimum atomic E-state index is -0.528. The van der Waals surface area contributed by atoms with E-state index in [0.29, 0.717) is 12.4 Å². The Morgan fingerprint density at radius 1 is 1.42 bits per heavy atom. The first-order valence-corrected chi connectivity index (χ1v) is 9.64. The summed E-state index contributed by atoms with van der Waals surface area (Å²) in [6.45, 7) is 2.30. The molecule has 0 unspecified atom stereocenters. The van der Waals surface area contributed by atoms with Crippen molar-refractivity contribution in [2.45, 2.75) is 44.9 Å². The van der Waals surface area contributed by atoms with Crippen LogP contribution in [0.4, 0.5) is 4.79 Å². The van der Waals surface area contributed by atoms with Crippen molar-refractivity contribution in [1.82, 2.24) is 20.4 Å². The summed E-state index contributed by atoms with van der Waals surface area (Å²) in [6.07, 6.45) is 2.75. The van der Waals surface area contributed by atoms with Gasteiger partial charge in [0.25, 0.3) is 11.8 Å². The predicted octanol–water partition coefficient (Wildman–Crippen LogP) is 2.42. The molecule has 1 saturated heterocycles. The highest BCUT2D eigenvalue weighted by Crippen LogP contribution is 2.42. The first-order valence-electron chi connectivity index (χ1n) is 8.76. The van der Waals surface area contributed by atoms with Gasteiger partial charge in [-0.15, -0.1) is 21.5 Å². The van der Waals surface area contributed by atoms with E-state index in [0.717, 1.165) is 24.1 Å². The molecular formula is C17H20N4O4S. The van der Waals surface area contributed by atoms with Crippen molar-refractivity contribution in [2.24, 2.45) is 5.92 Å². The van der Waals surface area contributed by atoms with Crippen molar-refractivity contribution >= 4 is 23.3 Å². The molecule has 0 spiro atoms. The number of esters is 1. The third kappa shape index (κ3) is 3.07. The van der Waals surface area contributed by atoms with E-state index in [9.17, 15) is 9.59 Å². The summed E-state index contributed by atoms with van der Waals surface area (Å²) in [5.74, 6) is 0.420. The van der Waals surface area contributed by atoms with E-state index in [1.165, 1.54) is 11.3 Å². The topological polar surface area (TPSA) is 97.6 Å². The van der Waals surface area contributed by atoms with Gasteiger partial charge in [-0.25, -0.2) is 9.59 Å². The van der Waals surface area contributed by atoms with Crippen molar-refractivity contribution in [1.29, 1.82) is 0 Å². The van der Waals surface area contributed by atoms with Gasteiger partial charge in [-0.3, -0.25) is 0 Å². The van der Waals surface area contributed by atoms with E-state index in [1.54, 1.807) is 4.90 Å². The zero-order valence-corrected chi connectivity index (χ0v) is 15.2. The van der Waals surface area contributed by atoms with Crippen LogP contribution in [-0.2, 0) is 16.1 Å². The summed E-state index contributed by atoms with van der Waals surface area (Å²) in [7, 11) is 0. The molecule has 2 aromatic rings. The van der Waals surface area contributed by atoms with Crippen LogP contribution >= 0.6 is 11.3 Å². The average Bonchev–Trinajstić information content (AvgIpc) is 3.43. The fourth-order valence-corrected chi connectivity index (χ4v) is 4.50. The van der Waals surface area contributed by atoms with E-state index < -0.39 is 12.0 Å². The van der Waals surface area contributed by atoms with Crippen molar-refractivity contribution in [3.05, 3.63) is 23.4 Å². The Hall–Kier alpha value is -2.42. The number of amides is 2. The average molecular weight is 376 g/mol. The Labute approximate surface area is 154 Å². The fraction of sp³-hybridized carbons (Fsp3) is 0.529. The molecule has 138 valence electrons. The quantitative estimate of drug-likeness (QED) is 0.805. The molecule has 26 heavy (non-hydrogen) atoms. The first-order chi connectivity index (χ1) is 12.7. The monoisotopic (exact) mass is 376 g/mol. The summed E-state index contributed by atoms with van der Waals surface area (Å²) < 4.78 is 10.9. The van der Waals surface area contributed by atoms with Gasteiger partial charge in [-0.05, 0) is 43.6 Å². The number of likely N-dealkylation sites (tertiary alicyclic amines) is 1. The van der Waals surface area contributed by atoms with Gasteiger partial charge >= 0.3 is 12.0 Å². The van der Waals surface area contributed by atoms with Gasteiger partial charge in [0.1, 0.15) is 6.04 Å². The van der Waals surface area contributed by atoms with Crippen molar-refractivity contribution in [3.8, 4) is 10.8 Å². The SMILES string of the molecule is CCNC(=O)N1[C@H]2CC[C@@H](C2)[C@@H]1C(=O)OCc1nnc(-c2cccs2)o1. The number of thiophene rings is 1. The standard InChI is InChI=1S/C17H20N4O4S/c1-2-18-17(23)21-11-6-5-10(8-11)14(21)16(22)24-9-13-19-20-15(25-13)12-4-3-7-26-12/h3-4,7,10-11,14H,2,5-6,8-9H2,1H3,(H,18,23)/t10-,11-,14+/m0/s1.